The summed E-state index contributed by atoms with van der Waals surface area (Å²) in [5.74, 6) is 1.43. The molecule has 0 radical (unpaired) electrons. The summed E-state index contributed by atoms with van der Waals surface area (Å²) in [6, 6.07) is 0. The van der Waals surface area contributed by atoms with Crippen LogP contribution in [0.1, 0.15) is 72.1 Å². The molecule has 19 heavy (non-hydrogen) atoms. The highest BCUT2D eigenvalue weighted by Crippen LogP contribution is 2.39. The number of ether oxygens (including phenoxy) is 1. The molecular weight excluding hydrogens is 236 g/mol. The van der Waals surface area contributed by atoms with Crippen molar-refractivity contribution < 1.29 is 9.84 Å². The highest BCUT2D eigenvalue weighted by atomic mass is 16.5. The summed E-state index contributed by atoms with van der Waals surface area (Å²) < 4.78 is 6.11. The summed E-state index contributed by atoms with van der Waals surface area (Å²) >= 11 is 0. The van der Waals surface area contributed by atoms with Gasteiger partial charge in [-0.15, -0.1) is 0 Å². The van der Waals surface area contributed by atoms with E-state index in [9.17, 15) is 5.11 Å². The molecule has 0 aromatic rings. The zero-order valence-corrected chi connectivity index (χ0v) is 13.0. The van der Waals surface area contributed by atoms with Gasteiger partial charge in [0.2, 0.25) is 0 Å². The van der Waals surface area contributed by atoms with Crippen molar-refractivity contribution in [1.82, 2.24) is 0 Å². The Hall–Kier alpha value is -0.0800. The van der Waals surface area contributed by atoms with Gasteiger partial charge in [0.15, 0.2) is 0 Å². The van der Waals surface area contributed by atoms with Gasteiger partial charge >= 0.3 is 0 Å². The van der Waals surface area contributed by atoms with Gasteiger partial charge in [-0.25, -0.2) is 0 Å². The van der Waals surface area contributed by atoms with Gasteiger partial charge in [-0.1, -0.05) is 40.0 Å². The monoisotopic (exact) mass is 268 g/mol. The SMILES string of the molecule is CC(C)(C)C1CCC(O)C(OCC2CCCCC2)C1. The maximum atomic E-state index is 10.2. The number of aliphatic hydroxyl groups excluding tert-OH is 1. The molecule has 0 spiro atoms. The number of aliphatic hydroxyl groups is 1. The second-order valence-corrected chi connectivity index (χ2v) is 7.82. The van der Waals surface area contributed by atoms with Gasteiger partial charge in [0.1, 0.15) is 0 Å². The fraction of sp³-hybridized carbons (Fsp3) is 1.00. The van der Waals surface area contributed by atoms with E-state index in [0.717, 1.165) is 31.8 Å². The van der Waals surface area contributed by atoms with E-state index < -0.39 is 0 Å². The molecule has 2 aliphatic rings. The quantitative estimate of drug-likeness (QED) is 0.833. The Kier molecular flexibility index (Phi) is 5.30. The summed E-state index contributed by atoms with van der Waals surface area (Å²) in [6.45, 7) is 7.81. The van der Waals surface area contributed by atoms with E-state index >= 15 is 0 Å². The molecule has 2 saturated carbocycles. The highest BCUT2D eigenvalue weighted by molar-refractivity contribution is 4.86. The van der Waals surface area contributed by atoms with Crippen LogP contribution in [0.5, 0.6) is 0 Å². The lowest BCUT2D eigenvalue weighted by atomic mass is 9.71. The molecule has 112 valence electrons. The first-order valence-corrected chi connectivity index (χ1v) is 8.26. The van der Waals surface area contributed by atoms with Crippen LogP contribution in [0.15, 0.2) is 0 Å². The van der Waals surface area contributed by atoms with E-state index in [-0.39, 0.29) is 12.2 Å². The Morgan fingerprint density at radius 3 is 2.32 bits per heavy atom. The summed E-state index contributed by atoms with van der Waals surface area (Å²) in [4.78, 5) is 0. The molecule has 2 aliphatic carbocycles. The first kappa shape index (κ1) is 15.3. The van der Waals surface area contributed by atoms with Gasteiger partial charge in [-0.2, -0.15) is 0 Å². The van der Waals surface area contributed by atoms with Crippen molar-refractivity contribution in [2.24, 2.45) is 17.3 Å². The summed E-state index contributed by atoms with van der Waals surface area (Å²) in [6.07, 6.45) is 9.73. The average molecular weight is 268 g/mol. The van der Waals surface area contributed by atoms with Crippen molar-refractivity contribution in [2.45, 2.75) is 84.3 Å². The fourth-order valence-corrected chi connectivity index (χ4v) is 3.69. The third-order valence-electron chi connectivity index (χ3n) is 5.25. The van der Waals surface area contributed by atoms with Crippen LogP contribution in [0.3, 0.4) is 0 Å². The molecule has 0 aromatic heterocycles. The summed E-state index contributed by atoms with van der Waals surface area (Å²) in [5, 5.41) is 10.2. The molecular formula is C17H32O2. The van der Waals surface area contributed by atoms with Crippen LogP contribution in [0.2, 0.25) is 0 Å². The maximum Gasteiger partial charge on any atom is 0.0836 e. The van der Waals surface area contributed by atoms with Crippen LogP contribution >= 0.6 is 0 Å². The van der Waals surface area contributed by atoms with Crippen molar-refractivity contribution in [2.75, 3.05) is 6.61 Å². The van der Waals surface area contributed by atoms with Crippen molar-refractivity contribution >= 4 is 0 Å². The minimum Gasteiger partial charge on any atom is -0.390 e. The molecule has 0 bridgehead atoms. The molecule has 2 nitrogen and oxygen atoms in total. The molecule has 2 heteroatoms. The molecule has 3 atom stereocenters. The van der Waals surface area contributed by atoms with Crippen molar-refractivity contribution in [3.8, 4) is 0 Å². The van der Waals surface area contributed by atoms with Gasteiger partial charge in [-0.3, -0.25) is 0 Å². The first-order chi connectivity index (χ1) is 8.97. The van der Waals surface area contributed by atoms with Gasteiger partial charge < -0.3 is 9.84 Å². The predicted molar refractivity (Wildman–Crippen MR) is 79.1 cm³/mol. The smallest absolute Gasteiger partial charge is 0.0836 e. The summed E-state index contributed by atoms with van der Waals surface area (Å²) in [5.41, 5.74) is 0.340. The molecule has 0 aromatic carbocycles. The molecule has 2 rings (SSSR count). The van der Waals surface area contributed by atoms with E-state index in [1.54, 1.807) is 0 Å². The molecule has 0 amide bonds. The van der Waals surface area contributed by atoms with Gasteiger partial charge in [0.05, 0.1) is 12.2 Å². The van der Waals surface area contributed by atoms with Crippen LogP contribution < -0.4 is 0 Å². The van der Waals surface area contributed by atoms with Crippen LogP contribution in [-0.4, -0.2) is 23.9 Å². The van der Waals surface area contributed by atoms with E-state index in [0.29, 0.717) is 11.3 Å². The number of rotatable bonds is 3. The Bertz CT molecular complexity index is 263. The minimum absolute atomic E-state index is 0.0832. The molecule has 0 aliphatic heterocycles. The van der Waals surface area contributed by atoms with Crippen LogP contribution in [-0.2, 0) is 4.74 Å². The van der Waals surface area contributed by atoms with Crippen molar-refractivity contribution in [1.29, 1.82) is 0 Å². The van der Waals surface area contributed by atoms with Crippen molar-refractivity contribution in [3.63, 3.8) is 0 Å². The van der Waals surface area contributed by atoms with Gasteiger partial charge in [0.25, 0.3) is 0 Å². The molecule has 0 saturated heterocycles. The lowest BCUT2D eigenvalue weighted by Crippen LogP contribution is -2.40. The Balaban J connectivity index is 1.80. The largest absolute Gasteiger partial charge is 0.390 e. The maximum absolute atomic E-state index is 10.2. The molecule has 0 heterocycles. The predicted octanol–water partition coefficient (Wildman–Crippen LogP) is 4.16. The average Bonchev–Trinajstić information content (AvgIpc) is 2.37. The zero-order valence-electron chi connectivity index (χ0n) is 13.0. The second kappa shape index (κ2) is 6.58. The topological polar surface area (TPSA) is 29.5 Å². The van der Waals surface area contributed by atoms with E-state index in [1.807, 2.05) is 0 Å². The Labute approximate surface area is 118 Å². The minimum atomic E-state index is -0.234. The molecule has 3 unspecified atom stereocenters. The normalized spacial score (nSPS) is 34.4. The molecule has 1 N–H and O–H groups in total. The number of hydrogen-bond acceptors (Lipinski definition) is 2. The Morgan fingerprint density at radius 2 is 1.68 bits per heavy atom. The van der Waals surface area contributed by atoms with Crippen LogP contribution in [0, 0.1) is 17.3 Å². The van der Waals surface area contributed by atoms with Crippen LogP contribution in [0.4, 0.5) is 0 Å². The third kappa shape index (κ3) is 4.46. The Morgan fingerprint density at radius 1 is 1.00 bits per heavy atom. The van der Waals surface area contributed by atoms with E-state index in [4.69, 9.17) is 4.74 Å². The zero-order chi connectivity index (χ0) is 13.9. The summed E-state index contributed by atoms with van der Waals surface area (Å²) in [7, 11) is 0. The third-order valence-corrected chi connectivity index (χ3v) is 5.25. The van der Waals surface area contributed by atoms with Crippen LogP contribution in [0.25, 0.3) is 0 Å². The molecule has 2 fully saturated rings. The van der Waals surface area contributed by atoms with Crippen molar-refractivity contribution in [3.05, 3.63) is 0 Å². The number of hydrogen-bond donors (Lipinski definition) is 1. The van der Waals surface area contributed by atoms with Gasteiger partial charge in [0, 0.05) is 6.61 Å². The lowest BCUT2D eigenvalue weighted by Gasteiger charge is -2.40. The highest BCUT2D eigenvalue weighted by Gasteiger charge is 2.35. The van der Waals surface area contributed by atoms with E-state index in [1.165, 1.54) is 32.1 Å². The standard InChI is InChI=1S/C17H32O2/c1-17(2,3)14-9-10-15(18)16(11-14)19-12-13-7-5-4-6-8-13/h13-16,18H,4-12H2,1-3H3. The fourth-order valence-electron chi connectivity index (χ4n) is 3.69. The lowest BCUT2D eigenvalue weighted by molar-refractivity contribution is -0.0942. The second-order valence-electron chi connectivity index (χ2n) is 7.82. The first-order valence-electron chi connectivity index (χ1n) is 8.26. The van der Waals surface area contributed by atoms with Gasteiger partial charge in [-0.05, 0) is 49.4 Å². The van der Waals surface area contributed by atoms with E-state index in [2.05, 4.69) is 20.8 Å².